The number of para-hydroxylation sites is 1. The van der Waals surface area contributed by atoms with Crippen LogP contribution >= 0.6 is 12.6 Å². The maximum absolute atomic E-state index is 11.8. The van der Waals surface area contributed by atoms with Crippen LogP contribution in [-0.2, 0) is 6.54 Å². The summed E-state index contributed by atoms with van der Waals surface area (Å²) in [7, 11) is 0. The fourth-order valence-electron chi connectivity index (χ4n) is 1.79. The number of benzene rings is 1. The molecule has 2 rings (SSSR count). The van der Waals surface area contributed by atoms with Crippen molar-refractivity contribution in [3.63, 3.8) is 0 Å². The zero-order valence-corrected chi connectivity index (χ0v) is 10.6. The van der Waals surface area contributed by atoms with E-state index in [1.54, 1.807) is 22.8 Å². The molecule has 0 radical (unpaired) electrons. The largest absolute Gasteiger partial charge is 0.328 e. The molecule has 0 amide bonds. The van der Waals surface area contributed by atoms with Gasteiger partial charge in [0.15, 0.2) is 0 Å². The molecular formula is C12H14N2O2S. The fourth-order valence-corrected chi connectivity index (χ4v) is 1.93. The van der Waals surface area contributed by atoms with E-state index in [0.717, 1.165) is 0 Å². The van der Waals surface area contributed by atoms with Gasteiger partial charge in [-0.25, -0.2) is 4.79 Å². The summed E-state index contributed by atoms with van der Waals surface area (Å²) in [5.41, 5.74) is -0.0991. The Morgan fingerprint density at radius 2 is 1.94 bits per heavy atom. The summed E-state index contributed by atoms with van der Waals surface area (Å²) < 4.78 is 1.22. The van der Waals surface area contributed by atoms with Crippen molar-refractivity contribution in [3.8, 4) is 0 Å². The Morgan fingerprint density at radius 1 is 1.29 bits per heavy atom. The van der Waals surface area contributed by atoms with Crippen LogP contribution in [0.2, 0.25) is 0 Å². The quantitative estimate of drug-likeness (QED) is 0.792. The van der Waals surface area contributed by atoms with E-state index in [4.69, 9.17) is 0 Å². The lowest BCUT2D eigenvalue weighted by molar-refractivity contribution is 0.561. The molecule has 17 heavy (non-hydrogen) atoms. The van der Waals surface area contributed by atoms with Gasteiger partial charge in [0.1, 0.15) is 0 Å². The van der Waals surface area contributed by atoms with Crippen LogP contribution in [-0.4, -0.2) is 14.3 Å². The molecule has 90 valence electrons. The molecule has 1 N–H and O–H groups in total. The molecule has 0 aliphatic carbocycles. The first-order valence-electron chi connectivity index (χ1n) is 5.33. The molecule has 1 aromatic carbocycles. The van der Waals surface area contributed by atoms with E-state index in [0.29, 0.717) is 17.4 Å². The van der Waals surface area contributed by atoms with Gasteiger partial charge >= 0.3 is 5.69 Å². The number of hydrogen-bond acceptors (Lipinski definition) is 3. The first-order valence-corrected chi connectivity index (χ1v) is 5.77. The van der Waals surface area contributed by atoms with Gasteiger partial charge in [-0.15, -0.1) is 0 Å². The summed E-state index contributed by atoms with van der Waals surface area (Å²) >= 11 is 4.41. The molecule has 0 fully saturated rings. The average molecular weight is 250 g/mol. The van der Waals surface area contributed by atoms with Crippen molar-refractivity contribution < 1.29 is 0 Å². The zero-order valence-electron chi connectivity index (χ0n) is 9.73. The van der Waals surface area contributed by atoms with Crippen LogP contribution in [0.3, 0.4) is 0 Å². The molecule has 0 atom stereocenters. The number of thiol groups is 1. The number of H-pyrrole nitrogens is 1. The van der Waals surface area contributed by atoms with Crippen molar-refractivity contribution in [2.45, 2.75) is 25.1 Å². The minimum Gasteiger partial charge on any atom is -0.292 e. The fraction of sp³-hybridized carbons (Fsp3) is 0.333. The topological polar surface area (TPSA) is 54.9 Å². The normalized spacial score (nSPS) is 11.9. The molecule has 0 aliphatic heterocycles. The van der Waals surface area contributed by atoms with Crippen LogP contribution in [0.4, 0.5) is 0 Å². The van der Waals surface area contributed by atoms with Crippen molar-refractivity contribution in [2.24, 2.45) is 0 Å². The van der Waals surface area contributed by atoms with E-state index in [1.165, 1.54) is 0 Å². The first kappa shape index (κ1) is 12.0. The summed E-state index contributed by atoms with van der Waals surface area (Å²) in [4.78, 5) is 25.8. The molecule has 2 aromatic rings. The lowest BCUT2D eigenvalue weighted by Gasteiger charge is -2.19. The highest BCUT2D eigenvalue weighted by Crippen LogP contribution is 2.16. The highest BCUT2D eigenvalue weighted by atomic mass is 32.1. The van der Waals surface area contributed by atoms with Gasteiger partial charge in [-0.05, 0) is 26.0 Å². The summed E-state index contributed by atoms with van der Waals surface area (Å²) in [5.74, 6) is 0. The Labute approximate surface area is 104 Å². The molecule has 0 bridgehead atoms. The van der Waals surface area contributed by atoms with Gasteiger partial charge in [0.05, 0.1) is 10.9 Å². The highest BCUT2D eigenvalue weighted by Gasteiger charge is 2.16. The number of rotatable bonds is 2. The Morgan fingerprint density at radius 3 is 2.59 bits per heavy atom. The first-order chi connectivity index (χ1) is 7.88. The van der Waals surface area contributed by atoms with Crippen LogP contribution < -0.4 is 11.2 Å². The lowest BCUT2D eigenvalue weighted by atomic mass is 10.2. The third kappa shape index (κ3) is 2.44. The van der Waals surface area contributed by atoms with Crippen LogP contribution in [0.1, 0.15) is 13.8 Å². The number of aromatic nitrogens is 2. The molecule has 4 nitrogen and oxygen atoms in total. The SMILES string of the molecule is CC(C)(S)Cn1c(=O)[nH]c(=O)c2ccccc21. The summed E-state index contributed by atoms with van der Waals surface area (Å²) in [6.45, 7) is 4.27. The molecular weight excluding hydrogens is 236 g/mol. The Bertz CT molecular complexity index is 664. The monoisotopic (exact) mass is 250 g/mol. The highest BCUT2D eigenvalue weighted by molar-refractivity contribution is 7.81. The molecule has 0 saturated heterocycles. The molecule has 1 heterocycles. The predicted octanol–water partition coefficient (Wildman–Crippen LogP) is 1.40. The van der Waals surface area contributed by atoms with E-state index in [-0.39, 0.29) is 10.3 Å². The van der Waals surface area contributed by atoms with Gasteiger partial charge in [0, 0.05) is 11.3 Å². The van der Waals surface area contributed by atoms with Crippen LogP contribution in [0, 0.1) is 0 Å². The van der Waals surface area contributed by atoms with E-state index < -0.39 is 5.69 Å². The van der Waals surface area contributed by atoms with Crippen molar-refractivity contribution in [3.05, 3.63) is 45.1 Å². The van der Waals surface area contributed by atoms with Crippen LogP contribution in [0.15, 0.2) is 33.9 Å². The molecule has 0 saturated carbocycles. The minimum absolute atomic E-state index is 0.329. The third-order valence-electron chi connectivity index (χ3n) is 2.45. The van der Waals surface area contributed by atoms with Gasteiger partial charge in [0.25, 0.3) is 5.56 Å². The summed E-state index contributed by atoms with van der Waals surface area (Å²) in [6, 6.07) is 7.06. The Hall–Kier alpha value is -1.49. The van der Waals surface area contributed by atoms with Gasteiger partial charge in [-0.3, -0.25) is 14.3 Å². The predicted molar refractivity (Wildman–Crippen MR) is 71.9 cm³/mol. The number of nitrogens with zero attached hydrogens (tertiary/aromatic N) is 1. The summed E-state index contributed by atoms with van der Waals surface area (Å²) in [5, 5.41) is 0.518. The number of fused-ring (bicyclic) bond motifs is 1. The van der Waals surface area contributed by atoms with E-state index in [1.807, 2.05) is 19.9 Å². The maximum atomic E-state index is 11.8. The van der Waals surface area contributed by atoms with Crippen LogP contribution in [0.25, 0.3) is 10.9 Å². The summed E-state index contributed by atoms with van der Waals surface area (Å²) in [6.07, 6.45) is 0. The van der Waals surface area contributed by atoms with Crippen molar-refractivity contribution >= 4 is 23.5 Å². The molecule has 1 aromatic heterocycles. The molecule has 5 heteroatoms. The van der Waals surface area contributed by atoms with E-state index >= 15 is 0 Å². The molecule has 0 unspecified atom stereocenters. The van der Waals surface area contributed by atoms with Gasteiger partial charge < -0.3 is 0 Å². The number of nitrogens with one attached hydrogen (secondary N) is 1. The van der Waals surface area contributed by atoms with Crippen molar-refractivity contribution in [1.82, 2.24) is 9.55 Å². The standard InChI is InChI=1S/C12H14N2O2S/c1-12(2,17)7-14-9-6-4-3-5-8(9)10(15)13-11(14)16/h3-6,17H,7H2,1-2H3,(H,13,15,16). The number of hydrogen-bond donors (Lipinski definition) is 2. The smallest absolute Gasteiger partial charge is 0.292 e. The lowest BCUT2D eigenvalue weighted by Crippen LogP contribution is -2.35. The van der Waals surface area contributed by atoms with E-state index in [2.05, 4.69) is 17.6 Å². The second-order valence-electron chi connectivity index (χ2n) is 4.68. The number of aromatic amines is 1. The van der Waals surface area contributed by atoms with Crippen LogP contribution in [0.5, 0.6) is 0 Å². The van der Waals surface area contributed by atoms with Gasteiger partial charge in [-0.1, -0.05) is 12.1 Å². The Kier molecular flexibility index (Phi) is 2.87. The second-order valence-corrected chi connectivity index (χ2v) is 5.89. The van der Waals surface area contributed by atoms with E-state index in [9.17, 15) is 9.59 Å². The van der Waals surface area contributed by atoms with Gasteiger partial charge in [0.2, 0.25) is 0 Å². The zero-order chi connectivity index (χ0) is 12.6. The van der Waals surface area contributed by atoms with Gasteiger partial charge in [-0.2, -0.15) is 12.6 Å². The Balaban J connectivity index is 2.79. The second kappa shape index (κ2) is 4.07. The third-order valence-corrected chi connectivity index (χ3v) is 2.59. The maximum Gasteiger partial charge on any atom is 0.328 e. The van der Waals surface area contributed by atoms with Crippen molar-refractivity contribution in [1.29, 1.82) is 0 Å². The molecule has 0 spiro atoms. The van der Waals surface area contributed by atoms with Crippen molar-refractivity contribution in [2.75, 3.05) is 0 Å². The average Bonchev–Trinajstić information content (AvgIpc) is 2.23. The minimum atomic E-state index is -0.393. The molecule has 0 aliphatic rings.